The summed E-state index contributed by atoms with van der Waals surface area (Å²) in [5.74, 6) is 0. The van der Waals surface area contributed by atoms with E-state index < -0.39 is 0 Å². The fraction of sp³-hybridized carbons (Fsp3) is 1.00. The first-order chi connectivity index (χ1) is 8.49. The molecule has 0 heterocycles. The average Bonchev–Trinajstić information content (AvgIpc) is 2.23. The molecular weight excluding hydrogens is 366 g/mol. The van der Waals surface area contributed by atoms with Crippen molar-refractivity contribution in [2.24, 2.45) is 0 Å². The van der Waals surface area contributed by atoms with E-state index in [-0.39, 0.29) is 164 Å². The second kappa shape index (κ2) is 129. The van der Waals surface area contributed by atoms with Gasteiger partial charge >= 0.3 is 103 Å². The van der Waals surface area contributed by atoms with Crippen LogP contribution >= 0.6 is 0 Å². The van der Waals surface area contributed by atoms with Gasteiger partial charge in [0.2, 0.25) is 0 Å². The average molecular weight is 402 g/mol. The third-order valence-electron chi connectivity index (χ3n) is 0. The van der Waals surface area contributed by atoms with Gasteiger partial charge in [-0.3, -0.25) is 0 Å². The smallest absolute Gasteiger partial charge is 0.397 e. The Balaban J connectivity index is -0.0000000114. The summed E-state index contributed by atoms with van der Waals surface area (Å²) in [5.41, 5.74) is 0. The van der Waals surface area contributed by atoms with Gasteiger partial charge in [0, 0.05) is 61.4 Å². The van der Waals surface area contributed by atoms with E-state index in [1.54, 1.807) is 41.5 Å². The van der Waals surface area contributed by atoms with E-state index in [9.17, 15) is 0 Å². The van der Waals surface area contributed by atoms with Crippen LogP contribution in [-0.2, 0) is 21.7 Å². The Morgan fingerprint density at radius 1 is 0.381 bits per heavy atom. The van der Waals surface area contributed by atoms with E-state index in [2.05, 4.69) is 0 Å². The summed E-state index contributed by atoms with van der Waals surface area (Å²) >= 11 is 0. The molecule has 0 amide bonds. The first-order valence-corrected chi connectivity index (χ1v) is 6.14. The zero-order valence-electron chi connectivity index (χ0n) is 15.4. The van der Waals surface area contributed by atoms with Crippen LogP contribution in [0, 0.1) is 0 Å². The quantitative estimate of drug-likeness (QED) is 0.225. The minimum Gasteiger partial charge on any atom is -0.397 e. The van der Waals surface area contributed by atoms with Crippen LogP contribution < -0.4 is 103 Å². The third kappa shape index (κ3) is 800. The molecule has 0 saturated carbocycles. The predicted octanol–water partition coefficient (Wildman–Crippen LogP) is -6.00. The predicted molar refractivity (Wildman–Crippen MR) is 76.6 cm³/mol. The summed E-state index contributed by atoms with van der Waals surface area (Å²) in [6, 6.07) is 0. The van der Waals surface area contributed by atoms with Crippen molar-refractivity contribution in [3.8, 4) is 0 Å². The molecule has 124 valence electrons. The Bertz CT molecular complexity index is 47.2. The Hall–Kier alpha value is 3.75. The molecule has 0 saturated heterocycles. The van der Waals surface area contributed by atoms with Crippen molar-refractivity contribution >= 4 is 0 Å². The molecule has 9 heteroatoms. The standard InChI is InChI=1S/6C2H6O.2K.Ti/c6*1-2-3;;;/h6*3H,2H2,1H3;;;/q;;;;;;2*+1;. The third-order valence-corrected chi connectivity index (χ3v) is 0. The zero-order chi connectivity index (χ0) is 16.2. The van der Waals surface area contributed by atoms with Crippen LogP contribution in [0.1, 0.15) is 41.5 Å². The molecular formula is C12H36K2O6Ti+2. The van der Waals surface area contributed by atoms with Crippen molar-refractivity contribution in [3.05, 3.63) is 0 Å². The largest absolute Gasteiger partial charge is 1.00 e. The van der Waals surface area contributed by atoms with Crippen LogP contribution in [0.2, 0.25) is 0 Å². The molecule has 0 radical (unpaired) electrons. The minimum absolute atomic E-state index is 0. The van der Waals surface area contributed by atoms with Crippen molar-refractivity contribution in [2.75, 3.05) is 39.6 Å². The van der Waals surface area contributed by atoms with E-state index in [1.165, 1.54) is 0 Å². The monoisotopic (exact) mass is 402 g/mol. The number of aliphatic hydroxyl groups is 6. The molecule has 0 spiro atoms. The molecule has 0 aliphatic carbocycles. The fourth-order valence-corrected chi connectivity index (χ4v) is 0. The van der Waals surface area contributed by atoms with Gasteiger partial charge in [-0.2, -0.15) is 0 Å². The summed E-state index contributed by atoms with van der Waals surface area (Å²) in [6.07, 6.45) is 0. The van der Waals surface area contributed by atoms with Crippen LogP contribution in [0.4, 0.5) is 0 Å². The summed E-state index contributed by atoms with van der Waals surface area (Å²) in [6.45, 7) is 11.6. The summed E-state index contributed by atoms with van der Waals surface area (Å²) in [7, 11) is 0. The first-order valence-electron chi connectivity index (χ1n) is 6.14. The molecule has 21 heavy (non-hydrogen) atoms. The molecule has 0 aromatic carbocycles. The molecule has 0 bridgehead atoms. The molecule has 6 N–H and O–H groups in total. The minimum atomic E-state index is 0. The maximum absolute atomic E-state index is 7.57. The summed E-state index contributed by atoms with van der Waals surface area (Å²) in [4.78, 5) is 0. The second-order valence-electron chi connectivity index (χ2n) is 1.90. The van der Waals surface area contributed by atoms with Gasteiger partial charge in [0.05, 0.1) is 0 Å². The molecule has 0 atom stereocenters. The molecule has 0 fully saturated rings. The van der Waals surface area contributed by atoms with Gasteiger partial charge in [0.1, 0.15) is 0 Å². The Morgan fingerprint density at radius 2 is 0.381 bits per heavy atom. The van der Waals surface area contributed by atoms with E-state index in [4.69, 9.17) is 30.6 Å². The van der Waals surface area contributed by atoms with Gasteiger partial charge in [-0.05, 0) is 41.5 Å². The fourth-order valence-electron chi connectivity index (χ4n) is 0. The van der Waals surface area contributed by atoms with Crippen molar-refractivity contribution in [1.82, 2.24) is 0 Å². The SMILES string of the molecule is CCO.CCO.CCO.CCO.CCO.CCO.[K+].[K+].[Ti]. The maximum atomic E-state index is 7.57. The van der Waals surface area contributed by atoms with Crippen LogP contribution in [-0.4, -0.2) is 70.3 Å². The van der Waals surface area contributed by atoms with Crippen molar-refractivity contribution < 1.29 is 155 Å². The van der Waals surface area contributed by atoms with Crippen LogP contribution in [0.25, 0.3) is 0 Å². The molecule has 0 aliphatic rings. The van der Waals surface area contributed by atoms with Gasteiger partial charge < -0.3 is 30.6 Å². The maximum Gasteiger partial charge on any atom is 1.00 e. The Morgan fingerprint density at radius 3 is 0.381 bits per heavy atom. The van der Waals surface area contributed by atoms with Crippen molar-refractivity contribution in [2.45, 2.75) is 41.5 Å². The van der Waals surface area contributed by atoms with Crippen molar-refractivity contribution in [1.29, 1.82) is 0 Å². The number of hydrogen-bond donors (Lipinski definition) is 6. The molecule has 0 aromatic heterocycles. The molecule has 0 unspecified atom stereocenters. The zero-order valence-corrected chi connectivity index (χ0v) is 23.2. The number of hydrogen-bond acceptors (Lipinski definition) is 6. The molecule has 6 nitrogen and oxygen atoms in total. The van der Waals surface area contributed by atoms with E-state index in [0.717, 1.165) is 0 Å². The van der Waals surface area contributed by atoms with Crippen LogP contribution in [0.3, 0.4) is 0 Å². The summed E-state index contributed by atoms with van der Waals surface area (Å²) < 4.78 is 0. The first kappa shape index (κ1) is 56.3. The van der Waals surface area contributed by atoms with Crippen molar-refractivity contribution in [3.63, 3.8) is 0 Å². The number of rotatable bonds is 0. The topological polar surface area (TPSA) is 121 Å². The summed E-state index contributed by atoms with van der Waals surface area (Å²) in [5, 5.41) is 45.4. The van der Waals surface area contributed by atoms with E-state index >= 15 is 0 Å². The molecule has 0 aliphatic heterocycles. The Kier molecular flexibility index (Phi) is 347. The van der Waals surface area contributed by atoms with E-state index in [1.807, 2.05) is 0 Å². The van der Waals surface area contributed by atoms with Gasteiger partial charge in [-0.25, -0.2) is 0 Å². The second-order valence-corrected chi connectivity index (χ2v) is 1.90. The number of aliphatic hydroxyl groups excluding tert-OH is 6. The van der Waals surface area contributed by atoms with Crippen LogP contribution in [0.5, 0.6) is 0 Å². The van der Waals surface area contributed by atoms with Gasteiger partial charge in [-0.1, -0.05) is 0 Å². The van der Waals surface area contributed by atoms with Gasteiger partial charge in [-0.15, -0.1) is 0 Å². The van der Waals surface area contributed by atoms with Gasteiger partial charge in [0.15, 0.2) is 0 Å². The normalized spacial score (nSPS) is 5.14. The van der Waals surface area contributed by atoms with Crippen LogP contribution in [0.15, 0.2) is 0 Å². The molecule has 0 aromatic rings. The van der Waals surface area contributed by atoms with E-state index in [0.29, 0.717) is 0 Å². The Labute approximate surface area is 231 Å². The van der Waals surface area contributed by atoms with Gasteiger partial charge in [0.25, 0.3) is 0 Å². The molecule has 0 rings (SSSR count).